The zero-order valence-corrected chi connectivity index (χ0v) is 10.8. The van der Waals surface area contributed by atoms with Gasteiger partial charge in [-0.05, 0) is 32.9 Å². The predicted molar refractivity (Wildman–Crippen MR) is 67.4 cm³/mol. The summed E-state index contributed by atoms with van der Waals surface area (Å²) < 4.78 is 0. The first-order chi connectivity index (χ1) is 8.61. The van der Waals surface area contributed by atoms with Crippen LogP contribution >= 0.6 is 0 Å². The minimum absolute atomic E-state index is 0.368. The number of aromatic nitrogens is 2. The van der Waals surface area contributed by atoms with Gasteiger partial charge < -0.3 is 10.4 Å². The second-order valence-corrected chi connectivity index (χ2v) is 4.83. The number of rotatable bonds is 4. The third-order valence-corrected chi connectivity index (χ3v) is 3.46. The first kappa shape index (κ1) is 13.0. The summed E-state index contributed by atoms with van der Waals surface area (Å²) in [6.07, 6.45) is 4.76. The van der Waals surface area contributed by atoms with Gasteiger partial charge in [-0.15, -0.1) is 0 Å². The summed E-state index contributed by atoms with van der Waals surface area (Å²) in [4.78, 5) is 19.8. The quantitative estimate of drug-likeness (QED) is 0.850. The van der Waals surface area contributed by atoms with E-state index >= 15 is 0 Å². The Bertz CT molecular complexity index is 442. The number of aliphatic carboxylic acids is 1. The topological polar surface area (TPSA) is 75.1 Å². The highest BCUT2D eigenvalue weighted by atomic mass is 16.4. The molecule has 1 unspecified atom stereocenters. The molecule has 1 atom stereocenters. The van der Waals surface area contributed by atoms with Crippen molar-refractivity contribution in [1.29, 1.82) is 0 Å². The highest BCUT2D eigenvalue weighted by Gasteiger charge is 2.24. The van der Waals surface area contributed by atoms with Crippen molar-refractivity contribution in [1.82, 2.24) is 15.3 Å². The maximum atomic E-state index is 11.1. The van der Waals surface area contributed by atoms with Crippen LogP contribution < -0.4 is 5.32 Å². The number of nitrogens with one attached hydrogen (secondary N) is 1. The van der Waals surface area contributed by atoms with Gasteiger partial charge in [0.1, 0.15) is 0 Å². The largest absolute Gasteiger partial charge is 0.480 e. The van der Waals surface area contributed by atoms with Gasteiger partial charge in [0.2, 0.25) is 0 Å². The molecule has 1 aliphatic rings. The normalized spacial score (nSPS) is 17.9. The first-order valence-corrected chi connectivity index (χ1v) is 6.37. The van der Waals surface area contributed by atoms with Gasteiger partial charge in [-0.25, -0.2) is 9.97 Å². The zero-order valence-electron chi connectivity index (χ0n) is 10.8. The molecule has 2 rings (SSSR count). The number of carbonyl (C=O) groups is 1. The van der Waals surface area contributed by atoms with E-state index in [0.29, 0.717) is 11.7 Å². The average molecular weight is 249 g/mol. The fraction of sp³-hybridized carbons (Fsp3) is 0.615. The van der Waals surface area contributed by atoms with E-state index in [4.69, 9.17) is 5.11 Å². The van der Waals surface area contributed by atoms with Crippen molar-refractivity contribution < 1.29 is 9.90 Å². The molecule has 0 aromatic carbocycles. The summed E-state index contributed by atoms with van der Waals surface area (Å²) >= 11 is 0. The molecule has 18 heavy (non-hydrogen) atoms. The Hall–Kier alpha value is -1.49. The molecule has 1 saturated carbocycles. The van der Waals surface area contributed by atoms with Crippen LogP contribution in [-0.2, 0) is 4.79 Å². The monoisotopic (exact) mass is 249 g/mol. The highest BCUT2D eigenvalue weighted by molar-refractivity contribution is 5.74. The Balaban J connectivity index is 2.33. The van der Waals surface area contributed by atoms with Gasteiger partial charge in [-0.2, -0.15) is 0 Å². The molecule has 5 nitrogen and oxygen atoms in total. The Morgan fingerprint density at radius 1 is 1.44 bits per heavy atom. The molecule has 1 aromatic rings. The number of likely N-dealkylation sites (N-methyl/N-ethyl adjacent to an activating group) is 1. The molecule has 1 fully saturated rings. The second-order valence-electron chi connectivity index (χ2n) is 4.83. The molecule has 0 saturated heterocycles. The number of carboxylic acid groups (broad SMARTS) is 1. The molecule has 2 N–H and O–H groups in total. The zero-order chi connectivity index (χ0) is 13.1. The van der Waals surface area contributed by atoms with Gasteiger partial charge in [0.15, 0.2) is 11.9 Å². The summed E-state index contributed by atoms with van der Waals surface area (Å²) in [5.74, 6) is -0.107. The molecule has 0 bridgehead atoms. The highest BCUT2D eigenvalue weighted by Crippen LogP contribution is 2.33. The number of nitrogens with zero attached hydrogens (tertiary/aromatic N) is 2. The third-order valence-electron chi connectivity index (χ3n) is 3.46. The van der Waals surface area contributed by atoms with Gasteiger partial charge in [0.05, 0.1) is 0 Å². The van der Waals surface area contributed by atoms with Gasteiger partial charge in [-0.1, -0.05) is 12.8 Å². The summed E-state index contributed by atoms with van der Waals surface area (Å²) in [6, 6.07) is 1.15. The van der Waals surface area contributed by atoms with Gasteiger partial charge in [0, 0.05) is 17.3 Å². The van der Waals surface area contributed by atoms with Crippen molar-refractivity contribution in [2.24, 2.45) is 0 Å². The lowest BCUT2D eigenvalue weighted by atomic mass is 10.0. The van der Waals surface area contributed by atoms with Crippen molar-refractivity contribution in [3.05, 3.63) is 23.3 Å². The SMILES string of the molecule is CNC(C(=O)O)c1nc(C)cc(C2CCCC2)n1. The lowest BCUT2D eigenvalue weighted by molar-refractivity contribution is -0.139. The summed E-state index contributed by atoms with van der Waals surface area (Å²) in [5, 5.41) is 11.9. The number of hydrogen-bond donors (Lipinski definition) is 2. The van der Waals surface area contributed by atoms with E-state index in [9.17, 15) is 4.79 Å². The number of hydrogen-bond acceptors (Lipinski definition) is 4. The fourth-order valence-corrected chi connectivity index (χ4v) is 2.54. The van der Waals surface area contributed by atoms with Gasteiger partial charge in [-0.3, -0.25) is 4.79 Å². The Morgan fingerprint density at radius 3 is 2.67 bits per heavy atom. The van der Waals surface area contributed by atoms with Crippen LogP contribution in [0.25, 0.3) is 0 Å². The minimum atomic E-state index is -0.944. The van der Waals surface area contributed by atoms with Gasteiger partial charge in [0.25, 0.3) is 0 Å². The molecule has 0 amide bonds. The van der Waals surface area contributed by atoms with Crippen LogP contribution in [0.2, 0.25) is 0 Å². The Morgan fingerprint density at radius 2 is 2.11 bits per heavy atom. The molecule has 0 aliphatic heterocycles. The van der Waals surface area contributed by atoms with Crippen LogP contribution in [0.3, 0.4) is 0 Å². The Labute approximate surface area is 107 Å². The van der Waals surface area contributed by atoms with Gasteiger partial charge >= 0.3 is 5.97 Å². The maximum absolute atomic E-state index is 11.1. The van der Waals surface area contributed by atoms with E-state index in [0.717, 1.165) is 24.2 Å². The molecular weight excluding hydrogens is 230 g/mol. The molecular formula is C13H19N3O2. The van der Waals surface area contributed by atoms with E-state index in [2.05, 4.69) is 15.3 Å². The van der Waals surface area contributed by atoms with E-state index in [1.165, 1.54) is 12.8 Å². The minimum Gasteiger partial charge on any atom is -0.480 e. The fourth-order valence-electron chi connectivity index (χ4n) is 2.54. The average Bonchev–Trinajstić information content (AvgIpc) is 2.82. The van der Waals surface area contributed by atoms with E-state index in [1.54, 1.807) is 7.05 Å². The molecule has 98 valence electrons. The summed E-state index contributed by atoms with van der Waals surface area (Å²) in [5.41, 5.74) is 1.83. The maximum Gasteiger partial charge on any atom is 0.328 e. The molecule has 1 aliphatic carbocycles. The van der Waals surface area contributed by atoms with Crippen LogP contribution in [0.15, 0.2) is 6.07 Å². The number of carboxylic acids is 1. The molecule has 5 heteroatoms. The second kappa shape index (κ2) is 5.44. The van der Waals surface area contributed by atoms with Crippen molar-refractivity contribution >= 4 is 5.97 Å². The van der Waals surface area contributed by atoms with E-state index in [-0.39, 0.29) is 0 Å². The molecule has 1 aromatic heterocycles. The van der Waals surface area contributed by atoms with Crippen molar-refractivity contribution in [2.75, 3.05) is 7.05 Å². The van der Waals surface area contributed by atoms with Crippen LogP contribution in [0, 0.1) is 6.92 Å². The standard InChI is InChI=1S/C13H19N3O2/c1-8-7-10(9-5-3-4-6-9)16-12(15-8)11(14-2)13(17)18/h7,9,11,14H,3-6H2,1-2H3,(H,17,18). The van der Waals surface area contributed by atoms with Crippen LogP contribution in [0.4, 0.5) is 0 Å². The Kier molecular flexibility index (Phi) is 3.91. The van der Waals surface area contributed by atoms with Crippen LogP contribution in [-0.4, -0.2) is 28.1 Å². The summed E-state index contributed by atoms with van der Waals surface area (Å²) in [7, 11) is 1.61. The number of aryl methyl sites for hydroxylation is 1. The molecule has 1 heterocycles. The van der Waals surface area contributed by atoms with E-state index < -0.39 is 12.0 Å². The molecule has 0 radical (unpaired) electrons. The smallest absolute Gasteiger partial charge is 0.328 e. The lowest BCUT2D eigenvalue weighted by Crippen LogP contribution is -2.27. The van der Waals surface area contributed by atoms with Crippen LogP contribution in [0.1, 0.15) is 54.9 Å². The van der Waals surface area contributed by atoms with E-state index in [1.807, 2.05) is 13.0 Å². The van der Waals surface area contributed by atoms with Crippen LogP contribution in [0.5, 0.6) is 0 Å². The first-order valence-electron chi connectivity index (χ1n) is 6.37. The molecule has 0 spiro atoms. The van der Waals surface area contributed by atoms with Crippen molar-refractivity contribution in [2.45, 2.75) is 44.6 Å². The lowest BCUT2D eigenvalue weighted by Gasteiger charge is -2.14. The van der Waals surface area contributed by atoms with Crippen molar-refractivity contribution in [3.63, 3.8) is 0 Å². The predicted octanol–water partition coefficient (Wildman–Crippen LogP) is 1.79. The third kappa shape index (κ3) is 2.67. The van der Waals surface area contributed by atoms with Crippen molar-refractivity contribution in [3.8, 4) is 0 Å². The summed E-state index contributed by atoms with van der Waals surface area (Å²) in [6.45, 7) is 1.89.